The van der Waals surface area contributed by atoms with Crippen molar-refractivity contribution in [3.05, 3.63) is 36.0 Å². The molecule has 0 aliphatic rings. The molecule has 0 spiro atoms. The van der Waals surface area contributed by atoms with E-state index in [0.29, 0.717) is 0 Å². The topological polar surface area (TPSA) is 28.2 Å². The average molecular weight is 219 g/mol. The number of nitrogens with one attached hydrogen (secondary N) is 1. The number of aromatic nitrogens is 1. The van der Waals surface area contributed by atoms with Gasteiger partial charge in [-0.3, -0.25) is 0 Å². The van der Waals surface area contributed by atoms with Crippen LogP contribution in [0.5, 0.6) is 0 Å². The van der Waals surface area contributed by atoms with Crippen molar-refractivity contribution in [2.45, 2.75) is 20.4 Å². The maximum Gasteiger partial charge on any atom is 0.128 e. The van der Waals surface area contributed by atoms with Crippen molar-refractivity contribution in [2.75, 3.05) is 25.0 Å². The predicted molar refractivity (Wildman–Crippen MR) is 69.7 cm³/mol. The molecule has 3 heteroatoms. The third-order valence-electron chi connectivity index (χ3n) is 2.36. The molecule has 1 aromatic rings. The highest BCUT2D eigenvalue weighted by Gasteiger charge is 2.05. The summed E-state index contributed by atoms with van der Waals surface area (Å²) >= 11 is 0. The van der Waals surface area contributed by atoms with E-state index < -0.39 is 0 Å². The zero-order chi connectivity index (χ0) is 12.0. The molecule has 0 saturated heterocycles. The Bertz CT molecular complexity index is 330. The van der Waals surface area contributed by atoms with Crippen LogP contribution in [0.2, 0.25) is 0 Å². The maximum absolute atomic E-state index is 4.47. The summed E-state index contributed by atoms with van der Waals surface area (Å²) in [7, 11) is 1.94. The Morgan fingerprint density at radius 1 is 1.50 bits per heavy atom. The highest BCUT2D eigenvalue weighted by atomic mass is 15.2. The predicted octanol–water partition coefficient (Wildman–Crippen LogP) is 2.20. The van der Waals surface area contributed by atoms with E-state index in [1.807, 2.05) is 20.2 Å². The van der Waals surface area contributed by atoms with Gasteiger partial charge in [0.05, 0.1) is 0 Å². The van der Waals surface area contributed by atoms with Gasteiger partial charge in [0, 0.05) is 25.8 Å². The third kappa shape index (κ3) is 3.66. The molecule has 0 amide bonds. The normalized spacial score (nSPS) is 10.2. The SMILES string of the molecule is C=C(C)CN(CC)c1ccc(CNC)cn1. The second kappa shape index (κ2) is 6.28. The minimum atomic E-state index is 0.861. The zero-order valence-electron chi connectivity index (χ0n) is 10.5. The van der Waals surface area contributed by atoms with Gasteiger partial charge in [-0.05, 0) is 32.5 Å². The first-order valence-electron chi connectivity index (χ1n) is 5.66. The second-order valence-corrected chi connectivity index (χ2v) is 4.03. The van der Waals surface area contributed by atoms with Crippen molar-refractivity contribution in [3.8, 4) is 0 Å². The van der Waals surface area contributed by atoms with E-state index in [9.17, 15) is 0 Å². The van der Waals surface area contributed by atoms with Crippen LogP contribution in [-0.2, 0) is 6.54 Å². The summed E-state index contributed by atoms with van der Waals surface area (Å²) in [5, 5.41) is 3.11. The van der Waals surface area contributed by atoms with Crippen LogP contribution < -0.4 is 10.2 Å². The van der Waals surface area contributed by atoms with Gasteiger partial charge in [-0.2, -0.15) is 0 Å². The summed E-state index contributed by atoms with van der Waals surface area (Å²) in [6, 6.07) is 4.18. The quantitative estimate of drug-likeness (QED) is 0.743. The van der Waals surface area contributed by atoms with Crippen LogP contribution in [0, 0.1) is 0 Å². The lowest BCUT2D eigenvalue weighted by molar-refractivity contribution is 0.807. The van der Waals surface area contributed by atoms with Gasteiger partial charge in [-0.1, -0.05) is 18.2 Å². The van der Waals surface area contributed by atoms with Crippen molar-refractivity contribution in [2.24, 2.45) is 0 Å². The lowest BCUT2D eigenvalue weighted by Crippen LogP contribution is -2.25. The Kier molecular flexibility index (Phi) is 4.99. The van der Waals surface area contributed by atoms with Gasteiger partial charge in [0.25, 0.3) is 0 Å². The summed E-state index contributed by atoms with van der Waals surface area (Å²) in [6.07, 6.45) is 1.92. The standard InChI is InChI=1S/C13H21N3/c1-5-16(10-11(2)3)13-7-6-12(8-14-4)9-15-13/h6-7,9,14H,2,5,8,10H2,1,3-4H3. The van der Waals surface area contributed by atoms with Crippen molar-refractivity contribution >= 4 is 5.82 Å². The Labute approximate surface area is 98.2 Å². The molecule has 1 aromatic heterocycles. The lowest BCUT2D eigenvalue weighted by Gasteiger charge is -2.22. The molecule has 16 heavy (non-hydrogen) atoms. The summed E-state index contributed by atoms with van der Waals surface area (Å²) in [5.74, 6) is 1.02. The minimum absolute atomic E-state index is 0.861. The molecule has 0 saturated carbocycles. The van der Waals surface area contributed by atoms with E-state index in [1.165, 1.54) is 5.56 Å². The molecule has 1 heterocycles. The van der Waals surface area contributed by atoms with Gasteiger partial charge in [0.15, 0.2) is 0 Å². The van der Waals surface area contributed by atoms with Crippen LogP contribution in [0.3, 0.4) is 0 Å². The molecule has 0 unspecified atom stereocenters. The summed E-state index contributed by atoms with van der Waals surface area (Å²) in [4.78, 5) is 6.68. The van der Waals surface area contributed by atoms with E-state index >= 15 is 0 Å². The van der Waals surface area contributed by atoms with E-state index in [1.54, 1.807) is 0 Å². The smallest absolute Gasteiger partial charge is 0.128 e. The summed E-state index contributed by atoms with van der Waals surface area (Å²) in [5.41, 5.74) is 2.36. The molecular formula is C13H21N3. The van der Waals surface area contributed by atoms with Gasteiger partial charge < -0.3 is 10.2 Å². The molecule has 0 aliphatic heterocycles. The molecule has 0 fully saturated rings. The molecule has 0 aromatic carbocycles. The van der Waals surface area contributed by atoms with E-state index in [0.717, 1.165) is 31.0 Å². The highest BCUT2D eigenvalue weighted by molar-refractivity contribution is 5.40. The van der Waals surface area contributed by atoms with Crippen LogP contribution in [0.25, 0.3) is 0 Å². The van der Waals surface area contributed by atoms with Crippen LogP contribution >= 0.6 is 0 Å². The Morgan fingerprint density at radius 3 is 2.69 bits per heavy atom. The Hall–Kier alpha value is -1.35. The van der Waals surface area contributed by atoms with Crippen molar-refractivity contribution in [3.63, 3.8) is 0 Å². The Morgan fingerprint density at radius 2 is 2.25 bits per heavy atom. The molecule has 1 N–H and O–H groups in total. The minimum Gasteiger partial charge on any atom is -0.353 e. The Balaban J connectivity index is 2.73. The van der Waals surface area contributed by atoms with E-state index in [4.69, 9.17) is 0 Å². The largest absolute Gasteiger partial charge is 0.353 e. The van der Waals surface area contributed by atoms with Crippen LogP contribution in [0.4, 0.5) is 5.82 Å². The van der Waals surface area contributed by atoms with Crippen molar-refractivity contribution < 1.29 is 0 Å². The zero-order valence-corrected chi connectivity index (χ0v) is 10.5. The number of hydrogen-bond donors (Lipinski definition) is 1. The number of hydrogen-bond acceptors (Lipinski definition) is 3. The number of pyridine rings is 1. The second-order valence-electron chi connectivity index (χ2n) is 4.03. The van der Waals surface area contributed by atoms with Gasteiger partial charge in [0.2, 0.25) is 0 Å². The van der Waals surface area contributed by atoms with Crippen LogP contribution in [-0.4, -0.2) is 25.1 Å². The first-order valence-corrected chi connectivity index (χ1v) is 5.66. The molecule has 3 nitrogen and oxygen atoms in total. The maximum atomic E-state index is 4.47. The average Bonchev–Trinajstić information content (AvgIpc) is 2.27. The van der Waals surface area contributed by atoms with Gasteiger partial charge in [0.1, 0.15) is 5.82 Å². The monoisotopic (exact) mass is 219 g/mol. The van der Waals surface area contributed by atoms with Gasteiger partial charge >= 0.3 is 0 Å². The molecule has 0 bridgehead atoms. The van der Waals surface area contributed by atoms with Gasteiger partial charge in [-0.25, -0.2) is 4.98 Å². The van der Waals surface area contributed by atoms with Crippen molar-refractivity contribution in [1.29, 1.82) is 0 Å². The summed E-state index contributed by atoms with van der Waals surface area (Å²) < 4.78 is 0. The molecule has 0 atom stereocenters. The molecular weight excluding hydrogens is 198 g/mol. The molecule has 1 rings (SSSR count). The fraction of sp³-hybridized carbons (Fsp3) is 0.462. The van der Waals surface area contributed by atoms with E-state index in [2.05, 4.69) is 40.8 Å². The number of nitrogens with zero attached hydrogens (tertiary/aromatic N) is 2. The first kappa shape index (κ1) is 12.7. The van der Waals surface area contributed by atoms with Crippen LogP contribution in [0.15, 0.2) is 30.5 Å². The molecule has 0 radical (unpaired) electrons. The number of likely N-dealkylation sites (N-methyl/N-ethyl adjacent to an activating group) is 1. The van der Waals surface area contributed by atoms with Gasteiger partial charge in [-0.15, -0.1) is 0 Å². The van der Waals surface area contributed by atoms with Crippen LogP contribution in [0.1, 0.15) is 19.4 Å². The third-order valence-corrected chi connectivity index (χ3v) is 2.36. The fourth-order valence-electron chi connectivity index (χ4n) is 1.59. The summed E-state index contributed by atoms with van der Waals surface area (Å²) in [6.45, 7) is 10.8. The first-order chi connectivity index (χ1) is 7.67. The molecule has 88 valence electrons. The van der Waals surface area contributed by atoms with Crippen molar-refractivity contribution in [1.82, 2.24) is 10.3 Å². The molecule has 0 aliphatic carbocycles. The number of rotatable bonds is 6. The van der Waals surface area contributed by atoms with E-state index in [-0.39, 0.29) is 0 Å². The number of anilines is 1. The highest BCUT2D eigenvalue weighted by Crippen LogP contribution is 2.12. The fourth-order valence-corrected chi connectivity index (χ4v) is 1.59. The lowest BCUT2D eigenvalue weighted by atomic mass is 10.2.